The standard InChI is InChI=1S/C23H32N2O2/c1-6-9-12-16-27-22(18(4)13-7-2)17-19(8-3)25-21-15-11-10-14-20(21)24(5)23(25)26/h8,10-11,14-15,17H,3,6-7,9,12-13,16H2,1-2,4-5H3/b19-17+,22-18+. The number of fused-ring (bicyclic) bond motifs is 1. The summed E-state index contributed by atoms with van der Waals surface area (Å²) in [5.41, 5.74) is 3.62. The Morgan fingerprint density at radius 1 is 1.15 bits per heavy atom. The van der Waals surface area contributed by atoms with Gasteiger partial charge in [-0.3, -0.25) is 9.13 Å². The van der Waals surface area contributed by atoms with Crippen molar-refractivity contribution in [3.8, 4) is 0 Å². The molecule has 0 aliphatic heterocycles. The van der Waals surface area contributed by atoms with Gasteiger partial charge in [0.25, 0.3) is 0 Å². The Labute approximate surface area is 162 Å². The van der Waals surface area contributed by atoms with Crippen LogP contribution >= 0.6 is 0 Å². The molecular formula is C23H32N2O2. The van der Waals surface area contributed by atoms with Crippen LogP contribution in [0.25, 0.3) is 16.7 Å². The fourth-order valence-corrected chi connectivity index (χ4v) is 3.21. The molecule has 0 unspecified atom stereocenters. The lowest BCUT2D eigenvalue weighted by Crippen LogP contribution is -2.21. The van der Waals surface area contributed by atoms with Gasteiger partial charge < -0.3 is 4.74 Å². The average molecular weight is 369 g/mol. The van der Waals surface area contributed by atoms with Gasteiger partial charge in [-0.15, -0.1) is 0 Å². The molecule has 1 aromatic heterocycles. The summed E-state index contributed by atoms with van der Waals surface area (Å²) in [5.74, 6) is 0.850. The molecule has 0 atom stereocenters. The van der Waals surface area contributed by atoms with Crippen molar-refractivity contribution in [3.05, 3.63) is 64.8 Å². The maximum atomic E-state index is 12.8. The van der Waals surface area contributed by atoms with Crippen LogP contribution in [0.15, 0.2) is 59.1 Å². The number of aromatic nitrogens is 2. The topological polar surface area (TPSA) is 36.2 Å². The van der Waals surface area contributed by atoms with Gasteiger partial charge in [-0.05, 0) is 43.5 Å². The number of allylic oxidation sites excluding steroid dienone is 4. The summed E-state index contributed by atoms with van der Waals surface area (Å²) < 4.78 is 9.47. The van der Waals surface area contributed by atoms with E-state index in [1.165, 1.54) is 5.57 Å². The Balaban J connectivity index is 2.51. The smallest absolute Gasteiger partial charge is 0.333 e. The number of hydrogen-bond donors (Lipinski definition) is 0. The first-order valence-corrected chi connectivity index (χ1v) is 9.88. The third-order valence-electron chi connectivity index (χ3n) is 4.76. The van der Waals surface area contributed by atoms with E-state index in [0.29, 0.717) is 6.61 Å². The van der Waals surface area contributed by atoms with Gasteiger partial charge in [-0.1, -0.05) is 51.8 Å². The molecule has 4 heteroatoms. The second-order valence-corrected chi connectivity index (χ2v) is 6.89. The number of aryl methyl sites for hydroxylation is 1. The molecule has 0 bridgehead atoms. The second kappa shape index (κ2) is 10.0. The molecule has 2 rings (SSSR count). The Kier molecular flexibility index (Phi) is 7.71. The summed E-state index contributed by atoms with van der Waals surface area (Å²) in [5, 5.41) is 0. The fraction of sp³-hybridized carbons (Fsp3) is 0.435. The van der Waals surface area contributed by atoms with Crippen LogP contribution in [0.4, 0.5) is 0 Å². The molecule has 0 saturated heterocycles. The molecule has 27 heavy (non-hydrogen) atoms. The lowest BCUT2D eigenvalue weighted by molar-refractivity contribution is 0.213. The first-order chi connectivity index (χ1) is 13.0. The molecule has 146 valence electrons. The molecule has 1 aromatic carbocycles. The Morgan fingerprint density at radius 2 is 1.85 bits per heavy atom. The number of benzene rings is 1. The number of para-hydroxylation sites is 2. The Morgan fingerprint density at radius 3 is 2.48 bits per heavy atom. The van der Waals surface area contributed by atoms with Crippen molar-refractivity contribution >= 4 is 16.7 Å². The van der Waals surface area contributed by atoms with Crippen LogP contribution in [0.2, 0.25) is 0 Å². The van der Waals surface area contributed by atoms with Crippen molar-refractivity contribution in [1.29, 1.82) is 0 Å². The third kappa shape index (κ3) is 4.82. The van der Waals surface area contributed by atoms with Crippen LogP contribution in [0.5, 0.6) is 0 Å². The lowest BCUT2D eigenvalue weighted by atomic mass is 10.1. The molecule has 4 nitrogen and oxygen atoms in total. The zero-order valence-electron chi connectivity index (χ0n) is 17.1. The molecule has 0 amide bonds. The van der Waals surface area contributed by atoms with Crippen molar-refractivity contribution in [2.75, 3.05) is 6.61 Å². The van der Waals surface area contributed by atoms with Crippen molar-refractivity contribution in [1.82, 2.24) is 9.13 Å². The van der Waals surface area contributed by atoms with E-state index in [9.17, 15) is 4.79 Å². The van der Waals surface area contributed by atoms with Gasteiger partial charge >= 0.3 is 5.69 Å². The second-order valence-electron chi connectivity index (χ2n) is 6.89. The van der Waals surface area contributed by atoms with Gasteiger partial charge in [0.2, 0.25) is 0 Å². The zero-order chi connectivity index (χ0) is 19.8. The van der Waals surface area contributed by atoms with Crippen LogP contribution < -0.4 is 5.69 Å². The first-order valence-electron chi connectivity index (χ1n) is 9.88. The van der Waals surface area contributed by atoms with Crippen molar-refractivity contribution < 1.29 is 4.74 Å². The molecular weight excluding hydrogens is 336 g/mol. The quantitative estimate of drug-likeness (QED) is 0.309. The maximum Gasteiger partial charge on any atom is 0.333 e. The van der Waals surface area contributed by atoms with Crippen LogP contribution in [0.3, 0.4) is 0 Å². The monoisotopic (exact) mass is 368 g/mol. The summed E-state index contributed by atoms with van der Waals surface area (Å²) in [7, 11) is 1.79. The van der Waals surface area contributed by atoms with Gasteiger partial charge in [-0.2, -0.15) is 0 Å². The number of imidazole rings is 1. The fourth-order valence-electron chi connectivity index (χ4n) is 3.21. The highest BCUT2D eigenvalue weighted by Crippen LogP contribution is 2.21. The molecule has 0 aliphatic carbocycles. The average Bonchev–Trinajstić information content (AvgIpc) is 2.93. The SMILES string of the molecule is C=C/C(=C\C(OCCCCC)=C(\C)CCC)n1c(=O)n(C)c2ccccc21. The summed E-state index contributed by atoms with van der Waals surface area (Å²) in [4.78, 5) is 12.8. The molecule has 0 fully saturated rings. The number of ether oxygens (including phenoxy) is 1. The predicted molar refractivity (Wildman–Crippen MR) is 115 cm³/mol. The van der Waals surface area contributed by atoms with Crippen LogP contribution in [0, 0.1) is 0 Å². The van der Waals surface area contributed by atoms with Gasteiger partial charge in [0.1, 0.15) is 5.76 Å². The molecule has 0 aliphatic rings. The lowest BCUT2D eigenvalue weighted by Gasteiger charge is -2.13. The minimum absolute atomic E-state index is 0.0826. The van der Waals surface area contributed by atoms with E-state index in [2.05, 4.69) is 27.4 Å². The normalized spacial score (nSPS) is 13.0. The molecule has 1 heterocycles. The van der Waals surface area contributed by atoms with Crippen LogP contribution in [-0.4, -0.2) is 15.7 Å². The summed E-state index contributed by atoms with van der Waals surface area (Å²) in [6, 6.07) is 7.79. The zero-order valence-corrected chi connectivity index (χ0v) is 17.1. The van der Waals surface area contributed by atoms with Gasteiger partial charge in [0.05, 0.1) is 23.3 Å². The number of nitrogens with zero attached hydrogens (tertiary/aromatic N) is 2. The first kappa shape index (κ1) is 20.8. The van der Waals surface area contributed by atoms with Crippen LogP contribution in [-0.2, 0) is 11.8 Å². The summed E-state index contributed by atoms with van der Waals surface area (Å²) in [6.07, 6.45) is 9.05. The minimum Gasteiger partial charge on any atom is -0.494 e. The molecule has 0 saturated carbocycles. The van der Waals surface area contributed by atoms with Crippen molar-refractivity contribution in [2.45, 2.75) is 52.9 Å². The van der Waals surface area contributed by atoms with Gasteiger partial charge in [0, 0.05) is 13.1 Å². The molecule has 0 spiro atoms. The van der Waals surface area contributed by atoms with E-state index < -0.39 is 0 Å². The number of unbranched alkanes of at least 4 members (excludes halogenated alkanes) is 2. The van der Waals surface area contributed by atoms with Gasteiger partial charge in [-0.25, -0.2) is 4.79 Å². The van der Waals surface area contributed by atoms with Crippen molar-refractivity contribution in [2.24, 2.45) is 7.05 Å². The van der Waals surface area contributed by atoms with E-state index in [-0.39, 0.29) is 5.69 Å². The summed E-state index contributed by atoms with van der Waals surface area (Å²) in [6.45, 7) is 11.1. The number of hydrogen-bond acceptors (Lipinski definition) is 2. The third-order valence-corrected chi connectivity index (χ3v) is 4.76. The van der Waals surface area contributed by atoms with E-state index in [0.717, 1.165) is 54.6 Å². The Hall–Kier alpha value is -2.49. The van der Waals surface area contributed by atoms with Gasteiger partial charge in [0.15, 0.2) is 0 Å². The Bertz CT molecular complexity index is 897. The minimum atomic E-state index is -0.0826. The highest BCUT2D eigenvalue weighted by Gasteiger charge is 2.13. The highest BCUT2D eigenvalue weighted by atomic mass is 16.5. The molecule has 0 radical (unpaired) electrons. The van der Waals surface area contributed by atoms with E-state index in [1.807, 2.05) is 30.3 Å². The van der Waals surface area contributed by atoms with E-state index in [4.69, 9.17) is 4.74 Å². The maximum absolute atomic E-state index is 12.8. The largest absolute Gasteiger partial charge is 0.494 e. The molecule has 2 aromatic rings. The molecule has 0 N–H and O–H groups in total. The highest BCUT2D eigenvalue weighted by molar-refractivity contribution is 5.81. The summed E-state index contributed by atoms with van der Waals surface area (Å²) >= 11 is 0. The predicted octanol–water partition coefficient (Wildman–Crippen LogP) is 5.65. The number of rotatable bonds is 10. The van der Waals surface area contributed by atoms with Crippen molar-refractivity contribution in [3.63, 3.8) is 0 Å². The van der Waals surface area contributed by atoms with Crippen LogP contribution in [0.1, 0.15) is 52.9 Å². The van der Waals surface area contributed by atoms with E-state index >= 15 is 0 Å². The van der Waals surface area contributed by atoms with E-state index in [1.54, 1.807) is 22.3 Å².